The lowest BCUT2D eigenvalue weighted by Crippen LogP contribution is -2.37. The molecular formula is C70H123NO8P+. The SMILES string of the molecule is CC/C=C\C/C=C\C/C=C\C/C=C\C/C=C\CCCCCCCCCCCCCCCCCCCCCCCCCCCC(=O)OC(COC(=O)CCCC/C=C\C/C=C\C/C=C\C/C=C\CC)COP(=O)(O)OCC[N+](C)(C)C. The van der Waals surface area contributed by atoms with Crippen molar-refractivity contribution in [1.82, 2.24) is 0 Å². The fraction of sp³-hybridized carbons (Fsp3) is 0.714. The molecule has 0 aromatic rings. The number of likely N-dealkylation sites (N-methyl/N-ethyl adjacent to an activating group) is 1. The maximum absolute atomic E-state index is 12.8. The first-order chi connectivity index (χ1) is 39.0. The number of carbonyl (C=O) groups is 2. The van der Waals surface area contributed by atoms with Crippen molar-refractivity contribution in [3.8, 4) is 0 Å². The first kappa shape index (κ1) is 76.7. The van der Waals surface area contributed by atoms with Crippen molar-refractivity contribution in [3.05, 3.63) is 109 Å². The highest BCUT2D eigenvalue weighted by molar-refractivity contribution is 7.47. The van der Waals surface area contributed by atoms with E-state index in [1.165, 1.54) is 148 Å². The number of esters is 2. The number of allylic oxidation sites excluding steroid dienone is 18. The summed E-state index contributed by atoms with van der Waals surface area (Å²) in [5, 5.41) is 0. The van der Waals surface area contributed by atoms with Gasteiger partial charge in [0.2, 0.25) is 0 Å². The van der Waals surface area contributed by atoms with Crippen molar-refractivity contribution in [2.75, 3.05) is 47.5 Å². The van der Waals surface area contributed by atoms with Gasteiger partial charge in [-0.1, -0.05) is 271 Å². The molecule has 0 aliphatic heterocycles. The van der Waals surface area contributed by atoms with Crippen molar-refractivity contribution < 1.29 is 42.1 Å². The van der Waals surface area contributed by atoms with Crippen LogP contribution in [0.1, 0.15) is 271 Å². The van der Waals surface area contributed by atoms with Gasteiger partial charge in [-0.3, -0.25) is 18.6 Å². The Morgan fingerprint density at radius 2 is 0.675 bits per heavy atom. The Kier molecular flexibility index (Phi) is 57.8. The van der Waals surface area contributed by atoms with Crippen LogP contribution >= 0.6 is 7.82 Å². The van der Waals surface area contributed by atoms with Crippen LogP contribution in [0, 0.1) is 0 Å². The number of ether oxygens (including phenoxy) is 2. The third-order valence-corrected chi connectivity index (χ3v) is 14.8. The summed E-state index contributed by atoms with van der Waals surface area (Å²) in [5.74, 6) is -0.843. The molecule has 0 rings (SSSR count). The number of quaternary nitrogens is 1. The van der Waals surface area contributed by atoms with Gasteiger partial charge in [-0.2, -0.15) is 0 Å². The zero-order valence-electron chi connectivity index (χ0n) is 52.3. The number of carbonyl (C=O) groups excluding carboxylic acids is 2. The molecule has 0 spiro atoms. The standard InChI is InChI=1S/C70H122NO8P/c1-6-8-10-12-14-16-18-20-22-23-24-25-26-27-28-29-30-31-32-33-34-35-36-37-38-39-40-41-42-43-44-45-46-47-49-51-53-55-57-59-61-63-70(73)79-68(67-78-80(74,75)77-65-64-71(3,4)5)66-76-69(72)62-60-58-56-54-52-50-48-21-19-17-15-13-11-9-7-2/h8-11,14-17,20-22,24-25,27-28,48,52,54,68H,6-7,12-13,18-19,23,26,29-47,49-51,53,55-67H2,1-5H3/p+1/b10-8-,11-9-,16-14-,17-15-,22-20-,25-24-,28-27-,48-21-,54-52-. The predicted octanol–water partition coefficient (Wildman–Crippen LogP) is 20.9. The van der Waals surface area contributed by atoms with E-state index in [9.17, 15) is 19.0 Å². The molecule has 2 atom stereocenters. The summed E-state index contributed by atoms with van der Waals surface area (Å²) in [6.45, 7) is 4.16. The minimum Gasteiger partial charge on any atom is -0.462 e. The molecule has 0 aromatic heterocycles. The number of nitrogens with zero attached hydrogens (tertiary/aromatic N) is 1. The normalized spacial score (nSPS) is 13.9. The van der Waals surface area contributed by atoms with Crippen molar-refractivity contribution in [2.24, 2.45) is 0 Å². The highest BCUT2D eigenvalue weighted by Gasteiger charge is 2.27. The molecule has 0 heterocycles. The van der Waals surface area contributed by atoms with E-state index in [1.54, 1.807) is 0 Å². The molecule has 9 nitrogen and oxygen atoms in total. The summed E-state index contributed by atoms with van der Waals surface area (Å²) in [6, 6.07) is 0. The first-order valence-electron chi connectivity index (χ1n) is 32.6. The molecule has 0 saturated heterocycles. The van der Waals surface area contributed by atoms with E-state index in [0.29, 0.717) is 23.9 Å². The lowest BCUT2D eigenvalue weighted by atomic mass is 10.0. The Balaban J connectivity index is 3.92. The summed E-state index contributed by atoms with van der Waals surface area (Å²) in [7, 11) is 1.45. The van der Waals surface area contributed by atoms with Gasteiger partial charge in [-0.25, -0.2) is 4.57 Å². The minimum atomic E-state index is -4.40. The van der Waals surface area contributed by atoms with Gasteiger partial charge >= 0.3 is 19.8 Å². The molecule has 2 unspecified atom stereocenters. The van der Waals surface area contributed by atoms with E-state index < -0.39 is 32.5 Å². The van der Waals surface area contributed by atoms with Crippen LogP contribution in [0.2, 0.25) is 0 Å². The Labute approximate surface area is 493 Å². The van der Waals surface area contributed by atoms with E-state index >= 15 is 0 Å². The predicted molar refractivity (Wildman–Crippen MR) is 344 cm³/mol. The van der Waals surface area contributed by atoms with Crippen molar-refractivity contribution in [3.63, 3.8) is 0 Å². The zero-order valence-corrected chi connectivity index (χ0v) is 53.2. The summed E-state index contributed by atoms with van der Waals surface area (Å²) < 4.78 is 34.5. The summed E-state index contributed by atoms with van der Waals surface area (Å²) >= 11 is 0. The molecule has 0 aliphatic carbocycles. The number of hydrogen-bond donors (Lipinski definition) is 1. The molecule has 80 heavy (non-hydrogen) atoms. The van der Waals surface area contributed by atoms with Crippen LogP contribution in [0.3, 0.4) is 0 Å². The third-order valence-electron chi connectivity index (χ3n) is 13.8. The molecule has 10 heteroatoms. The van der Waals surface area contributed by atoms with Crippen LogP contribution < -0.4 is 0 Å². The zero-order chi connectivity index (χ0) is 58.4. The Morgan fingerprint density at radius 1 is 0.388 bits per heavy atom. The summed E-state index contributed by atoms with van der Waals surface area (Å²) in [4.78, 5) is 35.7. The number of unbranched alkanes of at least 4 members (excludes halogenated alkanes) is 27. The lowest BCUT2D eigenvalue weighted by Gasteiger charge is -2.24. The maximum atomic E-state index is 12.8. The van der Waals surface area contributed by atoms with Crippen LogP contribution in [0.15, 0.2) is 109 Å². The molecule has 0 radical (unpaired) electrons. The molecule has 1 N–H and O–H groups in total. The summed E-state index contributed by atoms with van der Waals surface area (Å²) in [6.07, 6.45) is 85.0. The fourth-order valence-corrected chi connectivity index (χ4v) is 9.60. The highest BCUT2D eigenvalue weighted by Crippen LogP contribution is 2.43. The lowest BCUT2D eigenvalue weighted by molar-refractivity contribution is -0.870. The molecule has 0 bridgehead atoms. The van der Waals surface area contributed by atoms with Gasteiger partial charge < -0.3 is 18.9 Å². The quantitative estimate of drug-likeness (QED) is 0.0211. The van der Waals surface area contributed by atoms with Gasteiger partial charge in [0.25, 0.3) is 0 Å². The van der Waals surface area contributed by atoms with Gasteiger partial charge in [0.1, 0.15) is 19.8 Å². The average molecular weight is 1140 g/mol. The summed E-state index contributed by atoms with van der Waals surface area (Å²) in [5.41, 5.74) is 0. The molecule has 0 amide bonds. The van der Waals surface area contributed by atoms with Crippen molar-refractivity contribution in [2.45, 2.75) is 277 Å². The first-order valence-corrected chi connectivity index (χ1v) is 34.1. The van der Waals surface area contributed by atoms with E-state index in [-0.39, 0.29) is 26.1 Å². The third kappa shape index (κ3) is 63.8. The number of phosphoric ester groups is 1. The van der Waals surface area contributed by atoms with Crippen LogP contribution in [0.4, 0.5) is 0 Å². The Morgan fingerprint density at radius 3 is 1.02 bits per heavy atom. The average Bonchev–Trinajstić information content (AvgIpc) is 3.42. The molecule has 0 aromatic carbocycles. The number of rotatable bonds is 59. The number of hydrogen-bond acceptors (Lipinski definition) is 7. The molecule has 0 saturated carbocycles. The van der Waals surface area contributed by atoms with Crippen LogP contribution in [0.25, 0.3) is 0 Å². The number of phosphoric acid groups is 1. The van der Waals surface area contributed by atoms with Gasteiger partial charge in [-0.05, 0) is 96.3 Å². The van der Waals surface area contributed by atoms with Gasteiger partial charge in [0.15, 0.2) is 6.10 Å². The topological polar surface area (TPSA) is 108 Å². The van der Waals surface area contributed by atoms with Crippen molar-refractivity contribution >= 4 is 19.8 Å². The molecule has 460 valence electrons. The second kappa shape index (κ2) is 60.3. The molecular weight excluding hydrogens is 1010 g/mol. The van der Waals surface area contributed by atoms with E-state index in [0.717, 1.165) is 83.5 Å². The van der Waals surface area contributed by atoms with Crippen LogP contribution in [0.5, 0.6) is 0 Å². The van der Waals surface area contributed by atoms with E-state index in [2.05, 4.69) is 123 Å². The Hall–Kier alpha value is -3.33. The largest absolute Gasteiger partial charge is 0.472 e. The van der Waals surface area contributed by atoms with Gasteiger partial charge in [0.05, 0.1) is 27.7 Å². The van der Waals surface area contributed by atoms with Gasteiger partial charge in [-0.15, -0.1) is 0 Å². The smallest absolute Gasteiger partial charge is 0.462 e. The van der Waals surface area contributed by atoms with Gasteiger partial charge in [0, 0.05) is 12.8 Å². The Bertz CT molecular complexity index is 1720. The van der Waals surface area contributed by atoms with Crippen LogP contribution in [-0.4, -0.2) is 74.9 Å². The van der Waals surface area contributed by atoms with Crippen LogP contribution in [-0.2, 0) is 32.7 Å². The second-order valence-electron chi connectivity index (χ2n) is 22.7. The monoisotopic (exact) mass is 1140 g/mol. The minimum absolute atomic E-state index is 0.0224. The highest BCUT2D eigenvalue weighted by atomic mass is 31.2. The maximum Gasteiger partial charge on any atom is 0.472 e. The van der Waals surface area contributed by atoms with Crippen molar-refractivity contribution in [1.29, 1.82) is 0 Å². The van der Waals surface area contributed by atoms with E-state index in [1.807, 2.05) is 21.1 Å². The second-order valence-corrected chi connectivity index (χ2v) is 24.2. The molecule has 0 fully saturated rings. The fourth-order valence-electron chi connectivity index (χ4n) is 8.86. The molecule has 0 aliphatic rings. The van der Waals surface area contributed by atoms with E-state index in [4.69, 9.17) is 18.5 Å².